The Hall–Kier alpha value is -1.08. The summed E-state index contributed by atoms with van der Waals surface area (Å²) in [5.74, 6) is 5.35. The van der Waals surface area contributed by atoms with E-state index in [4.69, 9.17) is 22.2 Å². The molecule has 2 rings (SSSR count). The van der Waals surface area contributed by atoms with Crippen molar-refractivity contribution in [3.8, 4) is 5.75 Å². The summed E-state index contributed by atoms with van der Waals surface area (Å²) >= 11 is 10.7. The third kappa shape index (κ3) is 3.70. The number of nitrogen functional groups attached to an aromatic ring is 1. The van der Waals surface area contributed by atoms with Gasteiger partial charge in [0, 0.05) is 9.35 Å². The van der Waals surface area contributed by atoms with Gasteiger partial charge in [-0.2, -0.15) is 0 Å². The summed E-state index contributed by atoms with van der Waals surface area (Å²) in [5, 5.41) is 0.541. The number of benzene rings is 1. The maximum absolute atomic E-state index is 11.3. The third-order valence-electron chi connectivity index (χ3n) is 2.28. The number of carbonyl (C=O) groups is 1. The fraction of sp³-hybridized carbons (Fsp3) is 0.0833. The zero-order valence-corrected chi connectivity index (χ0v) is 12.8. The van der Waals surface area contributed by atoms with E-state index in [2.05, 4.69) is 21.4 Å². The molecule has 2 aromatic rings. The number of carbonyl (C=O) groups excluding carboxylic acids is 1. The van der Waals surface area contributed by atoms with Crippen molar-refractivity contribution >= 4 is 44.8 Å². The zero-order valence-electron chi connectivity index (χ0n) is 9.65. The Balaban J connectivity index is 2.04. The molecule has 0 saturated heterocycles. The van der Waals surface area contributed by atoms with Crippen LogP contribution < -0.4 is 16.0 Å². The van der Waals surface area contributed by atoms with E-state index in [9.17, 15) is 4.79 Å². The molecule has 0 atom stereocenters. The van der Waals surface area contributed by atoms with Crippen LogP contribution in [0.2, 0.25) is 5.02 Å². The van der Waals surface area contributed by atoms with E-state index in [1.165, 1.54) is 11.3 Å². The van der Waals surface area contributed by atoms with Crippen LogP contribution in [0.25, 0.3) is 0 Å². The Bertz CT molecular complexity index is 603. The van der Waals surface area contributed by atoms with Gasteiger partial charge < -0.3 is 4.74 Å². The summed E-state index contributed by atoms with van der Waals surface area (Å²) in [6.07, 6.45) is 0. The highest BCUT2D eigenvalue weighted by molar-refractivity contribution is 9.10. The SMILES string of the molecule is NNC(=O)c1ccc(COc2cc(Br)ccc2Cl)s1. The molecule has 1 aromatic carbocycles. The van der Waals surface area contributed by atoms with Gasteiger partial charge in [-0.15, -0.1) is 11.3 Å². The first-order chi connectivity index (χ1) is 9.10. The van der Waals surface area contributed by atoms with Gasteiger partial charge in [-0.25, -0.2) is 5.84 Å². The van der Waals surface area contributed by atoms with E-state index >= 15 is 0 Å². The van der Waals surface area contributed by atoms with Crippen molar-refractivity contribution in [3.63, 3.8) is 0 Å². The number of rotatable bonds is 4. The summed E-state index contributed by atoms with van der Waals surface area (Å²) in [4.78, 5) is 12.8. The Kier molecular flexibility index (Phi) is 4.81. The van der Waals surface area contributed by atoms with Gasteiger partial charge in [-0.05, 0) is 30.3 Å². The summed E-state index contributed by atoms with van der Waals surface area (Å²) in [6, 6.07) is 8.91. The lowest BCUT2D eigenvalue weighted by Gasteiger charge is -2.07. The van der Waals surface area contributed by atoms with Crippen molar-refractivity contribution < 1.29 is 9.53 Å². The van der Waals surface area contributed by atoms with Crippen LogP contribution in [0.4, 0.5) is 0 Å². The average molecular weight is 362 g/mol. The highest BCUT2D eigenvalue weighted by Gasteiger charge is 2.09. The second kappa shape index (κ2) is 6.38. The number of hydrogen-bond acceptors (Lipinski definition) is 4. The summed E-state index contributed by atoms with van der Waals surface area (Å²) in [7, 11) is 0. The van der Waals surface area contributed by atoms with E-state index in [1.54, 1.807) is 18.2 Å². The van der Waals surface area contributed by atoms with E-state index in [-0.39, 0.29) is 5.91 Å². The van der Waals surface area contributed by atoms with Gasteiger partial charge in [0.1, 0.15) is 12.4 Å². The van der Waals surface area contributed by atoms with Gasteiger partial charge in [0.25, 0.3) is 5.91 Å². The lowest BCUT2D eigenvalue weighted by atomic mass is 10.3. The van der Waals surface area contributed by atoms with Crippen LogP contribution in [0, 0.1) is 0 Å². The number of amides is 1. The monoisotopic (exact) mass is 360 g/mol. The Morgan fingerprint density at radius 3 is 2.95 bits per heavy atom. The molecule has 0 saturated carbocycles. The maximum atomic E-state index is 11.3. The van der Waals surface area contributed by atoms with Gasteiger partial charge in [0.2, 0.25) is 0 Å². The van der Waals surface area contributed by atoms with Crippen molar-refractivity contribution in [2.75, 3.05) is 0 Å². The lowest BCUT2D eigenvalue weighted by molar-refractivity contribution is 0.0957. The Labute approximate surface area is 127 Å². The van der Waals surface area contributed by atoms with Gasteiger partial charge >= 0.3 is 0 Å². The van der Waals surface area contributed by atoms with Crippen molar-refractivity contribution in [2.24, 2.45) is 5.84 Å². The topological polar surface area (TPSA) is 64.3 Å². The van der Waals surface area contributed by atoms with Crippen LogP contribution in [-0.4, -0.2) is 5.91 Å². The molecule has 19 heavy (non-hydrogen) atoms. The number of nitrogens with one attached hydrogen (secondary N) is 1. The molecule has 7 heteroatoms. The number of hydrogen-bond donors (Lipinski definition) is 2. The standard InChI is InChI=1S/C12H10BrClN2O2S/c13-7-1-3-9(14)10(5-7)18-6-8-2-4-11(19-8)12(17)16-15/h1-5H,6,15H2,(H,16,17). The summed E-state index contributed by atoms with van der Waals surface area (Å²) in [6.45, 7) is 0.346. The summed E-state index contributed by atoms with van der Waals surface area (Å²) in [5.41, 5.74) is 2.09. The molecule has 0 fully saturated rings. The summed E-state index contributed by atoms with van der Waals surface area (Å²) < 4.78 is 6.51. The minimum atomic E-state index is -0.309. The lowest BCUT2D eigenvalue weighted by Crippen LogP contribution is -2.29. The van der Waals surface area contributed by atoms with Gasteiger partial charge in [0.05, 0.1) is 9.90 Å². The molecule has 0 aliphatic heterocycles. The van der Waals surface area contributed by atoms with Crippen LogP contribution in [0.5, 0.6) is 5.75 Å². The molecular formula is C12H10BrClN2O2S. The molecule has 4 nitrogen and oxygen atoms in total. The molecule has 3 N–H and O–H groups in total. The highest BCUT2D eigenvalue weighted by Crippen LogP contribution is 2.29. The largest absolute Gasteiger partial charge is 0.486 e. The second-order valence-corrected chi connectivity index (χ2v) is 6.09. The number of halogens is 2. The Morgan fingerprint density at radius 1 is 1.42 bits per heavy atom. The van der Waals surface area contributed by atoms with Gasteiger partial charge in [-0.1, -0.05) is 27.5 Å². The first-order valence-electron chi connectivity index (χ1n) is 5.27. The molecule has 1 heterocycles. The predicted octanol–water partition coefficient (Wildman–Crippen LogP) is 3.35. The highest BCUT2D eigenvalue weighted by atomic mass is 79.9. The quantitative estimate of drug-likeness (QED) is 0.499. The number of hydrazine groups is 1. The predicted molar refractivity (Wildman–Crippen MR) is 79.5 cm³/mol. The van der Waals surface area contributed by atoms with Crippen LogP contribution >= 0.6 is 38.9 Å². The minimum Gasteiger partial charge on any atom is -0.486 e. The number of nitrogens with two attached hydrogens (primary N) is 1. The van der Waals surface area contributed by atoms with Crippen molar-refractivity contribution in [1.29, 1.82) is 0 Å². The van der Waals surface area contributed by atoms with Gasteiger partial charge in [-0.3, -0.25) is 10.2 Å². The molecule has 0 aliphatic carbocycles. The Morgan fingerprint density at radius 2 is 2.21 bits per heavy atom. The molecule has 0 radical (unpaired) electrons. The minimum absolute atomic E-state index is 0.309. The molecule has 100 valence electrons. The molecular weight excluding hydrogens is 352 g/mol. The first kappa shape index (κ1) is 14.3. The molecule has 0 spiro atoms. The molecule has 1 aromatic heterocycles. The number of thiophene rings is 1. The van der Waals surface area contributed by atoms with Crippen LogP contribution in [0.1, 0.15) is 14.5 Å². The third-order valence-corrected chi connectivity index (χ3v) is 4.14. The zero-order chi connectivity index (χ0) is 13.8. The molecule has 0 unspecified atom stereocenters. The smallest absolute Gasteiger partial charge is 0.275 e. The van der Waals surface area contributed by atoms with Gasteiger partial charge in [0.15, 0.2) is 0 Å². The average Bonchev–Trinajstić information content (AvgIpc) is 2.88. The van der Waals surface area contributed by atoms with Crippen LogP contribution in [-0.2, 0) is 6.61 Å². The molecule has 0 bridgehead atoms. The fourth-order valence-electron chi connectivity index (χ4n) is 1.39. The number of ether oxygens (including phenoxy) is 1. The molecule has 1 amide bonds. The van der Waals surface area contributed by atoms with Crippen molar-refractivity contribution in [2.45, 2.75) is 6.61 Å². The van der Waals surface area contributed by atoms with E-state index in [0.29, 0.717) is 22.3 Å². The normalized spacial score (nSPS) is 10.3. The first-order valence-corrected chi connectivity index (χ1v) is 7.26. The molecule has 0 aliphatic rings. The second-order valence-electron chi connectivity index (χ2n) is 3.60. The van der Waals surface area contributed by atoms with Crippen molar-refractivity contribution in [3.05, 3.63) is 49.6 Å². The van der Waals surface area contributed by atoms with Crippen molar-refractivity contribution in [1.82, 2.24) is 5.43 Å². The van der Waals surface area contributed by atoms with E-state index in [1.807, 2.05) is 12.1 Å². The van der Waals surface area contributed by atoms with E-state index in [0.717, 1.165) is 9.35 Å². The fourth-order valence-corrected chi connectivity index (χ4v) is 2.72. The van der Waals surface area contributed by atoms with Crippen LogP contribution in [0.15, 0.2) is 34.8 Å². The van der Waals surface area contributed by atoms with E-state index < -0.39 is 0 Å². The van der Waals surface area contributed by atoms with Crippen LogP contribution in [0.3, 0.4) is 0 Å². The maximum Gasteiger partial charge on any atom is 0.275 e.